The number of benzene rings is 1. The maximum atomic E-state index is 5.47. The van der Waals surface area contributed by atoms with Crippen LogP contribution in [0.5, 0.6) is 5.75 Å². The molecule has 1 unspecified atom stereocenters. The normalized spacial score (nSPS) is 12.8. The van der Waals surface area contributed by atoms with Gasteiger partial charge in [0.2, 0.25) is 0 Å². The van der Waals surface area contributed by atoms with Crippen LogP contribution in [0.4, 0.5) is 0 Å². The third-order valence-electron chi connectivity index (χ3n) is 3.21. The maximum absolute atomic E-state index is 5.47. The van der Waals surface area contributed by atoms with Crippen molar-refractivity contribution in [2.45, 2.75) is 19.4 Å². The maximum Gasteiger partial charge on any atom is 0.122 e. The fourth-order valence-corrected chi connectivity index (χ4v) is 1.79. The van der Waals surface area contributed by atoms with Gasteiger partial charge in [-0.1, -0.05) is 12.1 Å². The molecule has 0 aliphatic heterocycles. The Hall–Kier alpha value is -1.06. The van der Waals surface area contributed by atoms with Crippen LogP contribution < -0.4 is 10.1 Å². The predicted molar refractivity (Wildman–Crippen MR) is 72.7 cm³/mol. The molecule has 0 fully saturated rings. The van der Waals surface area contributed by atoms with Crippen LogP contribution in [0.3, 0.4) is 0 Å². The third-order valence-corrected chi connectivity index (χ3v) is 3.21. The average molecular weight is 236 g/mol. The molecule has 0 spiro atoms. The van der Waals surface area contributed by atoms with Gasteiger partial charge in [0.05, 0.1) is 7.11 Å². The molecule has 0 amide bonds. The summed E-state index contributed by atoms with van der Waals surface area (Å²) in [4.78, 5) is 2.20. The molecule has 0 radical (unpaired) electrons. The van der Waals surface area contributed by atoms with Gasteiger partial charge in [-0.3, -0.25) is 0 Å². The molecular formula is C14H24N2O. The second-order valence-electron chi connectivity index (χ2n) is 4.56. The standard InChI is InChI=1S/C14H24N2O/c1-11(16(3)4)13-7-6-12(8-9-15-2)14(10-13)17-5/h6-7,10-11,15H,8-9H2,1-5H3. The zero-order chi connectivity index (χ0) is 12.8. The SMILES string of the molecule is CNCCc1ccc(C(C)N(C)C)cc1OC. The number of rotatable bonds is 6. The molecule has 0 saturated heterocycles. The molecule has 96 valence electrons. The monoisotopic (exact) mass is 236 g/mol. The lowest BCUT2D eigenvalue weighted by Crippen LogP contribution is -2.17. The van der Waals surface area contributed by atoms with Crippen LogP contribution in [-0.2, 0) is 6.42 Å². The number of hydrogen-bond donors (Lipinski definition) is 1. The Morgan fingerprint density at radius 2 is 2.06 bits per heavy atom. The van der Waals surface area contributed by atoms with Crippen molar-refractivity contribution in [1.82, 2.24) is 10.2 Å². The first-order valence-electron chi connectivity index (χ1n) is 6.08. The largest absolute Gasteiger partial charge is 0.496 e. The van der Waals surface area contributed by atoms with E-state index in [0.29, 0.717) is 6.04 Å². The summed E-state index contributed by atoms with van der Waals surface area (Å²) in [5, 5.41) is 3.16. The Morgan fingerprint density at radius 3 is 2.59 bits per heavy atom. The second kappa shape index (κ2) is 6.62. The van der Waals surface area contributed by atoms with E-state index in [1.807, 2.05) is 7.05 Å². The highest BCUT2D eigenvalue weighted by Crippen LogP contribution is 2.26. The van der Waals surface area contributed by atoms with Gasteiger partial charge in [0.25, 0.3) is 0 Å². The fraction of sp³-hybridized carbons (Fsp3) is 0.571. The van der Waals surface area contributed by atoms with E-state index >= 15 is 0 Å². The molecule has 17 heavy (non-hydrogen) atoms. The van der Waals surface area contributed by atoms with E-state index < -0.39 is 0 Å². The van der Waals surface area contributed by atoms with Crippen LogP contribution in [-0.4, -0.2) is 39.7 Å². The molecule has 0 aliphatic rings. The zero-order valence-electron chi connectivity index (χ0n) is 11.6. The highest BCUT2D eigenvalue weighted by molar-refractivity contribution is 5.39. The molecular weight excluding hydrogens is 212 g/mol. The van der Waals surface area contributed by atoms with E-state index in [1.165, 1.54) is 11.1 Å². The minimum Gasteiger partial charge on any atom is -0.496 e. The van der Waals surface area contributed by atoms with Crippen LogP contribution in [0, 0.1) is 0 Å². The lowest BCUT2D eigenvalue weighted by molar-refractivity contribution is 0.319. The number of ether oxygens (including phenoxy) is 1. The van der Waals surface area contributed by atoms with Crippen molar-refractivity contribution in [3.05, 3.63) is 29.3 Å². The number of hydrogen-bond acceptors (Lipinski definition) is 3. The van der Waals surface area contributed by atoms with Crippen LogP contribution in [0.1, 0.15) is 24.1 Å². The van der Waals surface area contributed by atoms with E-state index in [-0.39, 0.29) is 0 Å². The first kappa shape index (κ1) is 14.0. The highest BCUT2D eigenvalue weighted by atomic mass is 16.5. The molecule has 3 heteroatoms. The van der Waals surface area contributed by atoms with E-state index in [2.05, 4.69) is 49.4 Å². The van der Waals surface area contributed by atoms with Gasteiger partial charge in [0, 0.05) is 6.04 Å². The van der Waals surface area contributed by atoms with Gasteiger partial charge in [-0.2, -0.15) is 0 Å². The summed E-state index contributed by atoms with van der Waals surface area (Å²) in [7, 11) is 7.88. The van der Waals surface area contributed by atoms with Gasteiger partial charge in [-0.15, -0.1) is 0 Å². The molecule has 1 atom stereocenters. The first-order chi connectivity index (χ1) is 8.10. The predicted octanol–water partition coefficient (Wildman–Crippen LogP) is 2.08. The lowest BCUT2D eigenvalue weighted by Gasteiger charge is -2.21. The smallest absolute Gasteiger partial charge is 0.122 e. The molecule has 3 nitrogen and oxygen atoms in total. The highest BCUT2D eigenvalue weighted by Gasteiger charge is 2.11. The molecule has 0 aromatic heterocycles. The van der Waals surface area contributed by atoms with Crippen molar-refractivity contribution in [1.29, 1.82) is 0 Å². The second-order valence-corrected chi connectivity index (χ2v) is 4.56. The summed E-state index contributed by atoms with van der Waals surface area (Å²) in [6.45, 7) is 3.17. The average Bonchev–Trinajstić information content (AvgIpc) is 2.35. The van der Waals surface area contributed by atoms with Crippen LogP contribution in [0.15, 0.2) is 18.2 Å². The number of nitrogens with zero attached hydrogens (tertiary/aromatic N) is 1. The summed E-state index contributed by atoms with van der Waals surface area (Å²) in [6.07, 6.45) is 0.996. The third kappa shape index (κ3) is 3.72. The van der Waals surface area contributed by atoms with Gasteiger partial charge >= 0.3 is 0 Å². The summed E-state index contributed by atoms with van der Waals surface area (Å²) in [5.41, 5.74) is 2.55. The van der Waals surface area contributed by atoms with Crippen molar-refractivity contribution in [2.24, 2.45) is 0 Å². The van der Waals surface area contributed by atoms with E-state index in [1.54, 1.807) is 7.11 Å². The molecule has 0 aliphatic carbocycles. The minimum absolute atomic E-state index is 0.405. The Morgan fingerprint density at radius 1 is 1.35 bits per heavy atom. The van der Waals surface area contributed by atoms with Gasteiger partial charge in [0.1, 0.15) is 5.75 Å². The van der Waals surface area contributed by atoms with Crippen molar-refractivity contribution in [3.63, 3.8) is 0 Å². The van der Waals surface area contributed by atoms with Crippen molar-refractivity contribution in [2.75, 3.05) is 34.8 Å². The van der Waals surface area contributed by atoms with Gasteiger partial charge in [0.15, 0.2) is 0 Å². The van der Waals surface area contributed by atoms with Crippen LogP contribution >= 0.6 is 0 Å². The van der Waals surface area contributed by atoms with E-state index in [0.717, 1.165) is 18.7 Å². The topological polar surface area (TPSA) is 24.5 Å². The number of likely N-dealkylation sites (N-methyl/N-ethyl adjacent to an activating group) is 1. The Kier molecular flexibility index (Phi) is 5.45. The van der Waals surface area contributed by atoms with Gasteiger partial charge in [-0.25, -0.2) is 0 Å². The summed E-state index contributed by atoms with van der Waals surface area (Å²) in [5.74, 6) is 0.992. The molecule has 0 saturated carbocycles. The van der Waals surface area contributed by atoms with Crippen molar-refractivity contribution in [3.8, 4) is 5.75 Å². The first-order valence-corrected chi connectivity index (χ1v) is 6.08. The molecule has 1 aromatic rings. The van der Waals surface area contributed by atoms with Gasteiger partial charge < -0.3 is 15.0 Å². The summed E-state index contributed by atoms with van der Waals surface area (Å²) in [6, 6.07) is 6.92. The van der Waals surface area contributed by atoms with E-state index in [9.17, 15) is 0 Å². The van der Waals surface area contributed by atoms with Crippen molar-refractivity contribution < 1.29 is 4.74 Å². The Bertz CT molecular complexity index is 350. The molecule has 0 bridgehead atoms. The van der Waals surface area contributed by atoms with E-state index in [4.69, 9.17) is 4.74 Å². The fourth-order valence-electron chi connectivity index (χ4n) is 1.79. The quantitative estimate of drug-likeness (QED) is 0.818. The van der Waals surface area contributed by atoms with Crippen LogP contribution in [0.2, 0.25) is 0 Å². The minimum atomic E-state index is 0.405. The lowest BCUT2D eigenvalue weighted by atomic mass is 10.0. The molecule has 1 aromatic carbocycles. The van der Waals surface area contributed by atoms with Gasteiger partial charge in [-0.05, 0) is 58.2 Å². The molecule has 1 rings (SSSR count). The Balaban J connectivity index is 2.91. The molecule has 0 heterocycles. The van der Waals surface area contributed by atoms with Crippen LogP contribution in [0.25, 0.3) is 0 Å². The number of nitrogens with one attached hydrogen (secondary N) is 1. The van der Waals surface area contributed by atoms with Crippen molar-refractivity contribution >= 4 is 0 Å². The molecule has 1 N–H and O–H groups in total. The summed E-state index contributed by atoms with van der Waals surface area (Å²) < 4.78 is 5.47. The zero-order valence-corrected chi connectivity index (χ0v) is 11.6. The summed E-state index contributed by atoms with van der Waals surface area (Å²) >= 11 is 0. The number of methoxy groups -OCH3 is 1. The Labute approximate surface area is 105 Å².